The van der Waals surface area contributed by atoms with Crippen LogP contribution in [0.3, 0.4) is 0 Å². The maximum atomic E-state index is 4.69. The van der Waals surface area contributed by atoms with Crippen LogP contribution in [-0.4, -0.2) is 17.7 Å². The van der Waals surface area contributed by atoms with Crippen LogP contribution in [0.15, 0.2) is 150 Å². The van der Waals surface area contributed by atoms with E-state index in [0.717, 1.165) is 36.2 Å². The smallest absolute Gasteiger partial charge is 0.0665 e. The fraction of sp³-hybridized carbons (Fsp3) is 0.306. The second kappa shape index (κ2) is 20.8. The van der Waals surface area contributed by atoms with Gasteiger partial charge in [0.1, 0.15) is 0 Å². The summed E-state index contributed by atoms with van der Waals surface area (Å²) in [4.78, 5) is 9.04. The zero-order valence-corrected chi connectivity index (χ0v) is 32.7. The lowest BCUT2D eigenvalue weighted by Gasteiger charge is -2.34. The van der Waals surface area contributed by atoms with Crippen LogP contribution in [-0.2, 0) is 0 Å². The zero-order valence-electron chi connectivity index (χ0n) is 32.7. The molecule has 1 aliphatic carbocycles. The third-order valence-electron chi connectivity index (χ3n) is 9.88. The third kappa shape index (κ3) is 10.6. The number of nitrogens with zero attached hydrogens (tertiary/aromatic N) is 2. The fourth-order valence-corrected chi connectivity index (χ4v) is 6.81. The molecule has 1 aliphatic rings. The van der Waals surface area contributed by atoms with E-state index < -0.39 is 0 Å². The molecule has 1 aromatic carbocycles. The first-order valence-corrected chi connectivity index (χ1v) is 18.7. The number of benzene rings is 1. The summed E-state index contributed by atoms with van der Waals surface area (Å²) in [5, 5.41) is 0. The van der Waals surface area contributed by atoms with Gasteiger partial charge in [0.05, 0.1) is 5.69 Å². The molecule has 0 N–H and O–H groups in total. The van der Waals surface area contributed by atoms with Crippen molar-refractivity contribution < 1.29 is 0 Å². The molecule has 266 valence electrons. The monoisotopic (exact) mass is 676 g/mol. The summed E-state index contributed by atoms with van der Waals surface area (Å²) in [6, 6.07) is 11.2. The summed E-state index contributed by atoms with van der Waals surface area (Å²) in [7, 11) is 0. The highest BCUT2D eigenvalue weighted by molar-refractivity contribution is 5.88. The highest BCUT2D eigenvalue weighted by Crippen LogP contribution is 2.43. The van der Waals surface area contributed by atoms with E-state index in [1.165, 1.54) is 50.1 Å². The summed E-state index contributed by atoms with van der Waals surface area (Å²) >= 11 is 0. The molecule has 0 aliphatic heterocycles. The molecule has 3 atom stereocenters. The normalized spacial score (nSPS) is 18.8. The molecule has 0 spiro atoms. The summed E-state index contributed by atoms with van der Waals surface area (Å²) in [5.74, 6) is 0.807. The van der Waals surface area contributed by atoms with E-state index in [4.69, 9.17) is 0 Å². The Labute approximate surface area is 310 Å². The molecule has 0 bridgehead atoms. The Hall–Kier alpha value is -4.82. The summed E-state index contributed by atoms with van der Waals surface area (Å²) in [5.41, 5.74) is 14.7. The van der Waals surface area contributed by atoms with Crippen LogP contribution in [0.25, 0.3) is 22.8 Å². The van der Waals surface area contributed by atoms with Crippen molar-refractivity contribution in [2.24, 2.45) is 22.7 Å². The number of allylic oxidation sites excluding steroid dienone is 19. The predicted octanol–water partition coefficient (Wildman–Crippen LogP) is 13.8. The number of hydrogen-bond acceptors (Lipinski definition) is 2. The molecule has 2 nitrogen and oxygen atoms in total. The molecule has 0 saturated heterocycles. The molecule has 2 heteroatoms. The second-order valence-corrected chi connectivity index (χ2v) is 13.2. The van der Waals surface area contributed by atoms with Gasteiger partial charge in [0.15, 0.2) is 0 Å². The van der Waals surface area contributed by atoms with E-state index in [9.17, 15) is 0 Å². The minimum absolute atomic E-state index is 0.258. The highest BCUT2D eigenvalue weighted by atomic mass is 14.7. The van der Waals surface area contributed by atoms with Crippen LogP contribution in [0.4, 0.5) is 0 Å². The molecule has 2 aromatic rings. The van der Waals surface area contributed by atoms with Crippen molar-refractivity contribution in [1.29, 1.82) is 0 Å². The van der Waals surface area contributed by atoms with E-state index >= 15 is 0 Å². The zero-order chi connectivity index (χ0) is 37.3. The van der Waals surface area contributed by atoms with Crippen LogP contribution in [0.1, 0.15) is 96.2 Å². The van der Waals surface area contributed by atoms with Crippen LogP contribution >= 0.6 is 0 Å². The Bertz CT molecular complexity index is 1840. The quantitative estimate of drug-likeness (QED) is 0.128. The van der Waals surface area contributed by atoms with E-state index in [1.54, 1.807) is 0 Å². The minimum Gasteiger partial charge on any atom is -0.293 e. The molecule has 0 fully saturated rings. The first-order valence-electron chi connectivity index (χ1n) is 18.7. The van der Waals surface area contributed by atoms with Gasteiger partial charge in [-0.3, -0.25) is 9.98 Å². The van der Waals surface area contributed by atoms with Gasteiger partial charge in [0.2, 0.25) is 0 Å². The number of aliphatic imine (C=N–C) groups is 1. The molecular weight excluding hydrogens is 617 g/mol. The molecule has 3 unspecified atom stereocenters. The maximum Gasteiger partial charge on any atom is 0.0665 e. The van der Waals surface area contributed by atoms with Gasteiger partial charge in [-0.25, -0.2) is 0 Å². The first kappa shape index (κ1) is 40.6. The first-order chi connectivity index (χ1) is 24.7. The molecule has 0 amide bonds. The number of aryl methyl sites for hydroxylation is 1. The fourth-order valence-electron chi connectivity index (χ4n) is 6.81. The lowest BCUT2D eigenvalue weighted by atomic mass is 9.70. The summed E-state index contributed by atoms with van der Waals surface area (Å²) in [6.07, 6.45) is 33.9. The van der Waals surface area contributed by atoms with Crippen LogP contribution < -0.4 is 0 Å². The SMILES string of the molecule is C=C\C=C/C(=C(\C)C(C)C1C=CC=C(/C(=C\C=C)c2ccnc(/C(C)=C/C=N\CC)c2)C1C)C(=C(/C=C\CC)CC)/c1ccc(C)c(/C=C\C)c1. The van der Waals surface area contributed by atoms with Crippen molar-refractivity contribution in [2.75, 3.05) is 6.54 Å². The Morgan fingerprint density at radius 2 is 1.78 bits per heavy atom. The van der Waals surface area contributed by atoms with Crippen LogP contribution in [0.2, 0.25) is 0 Å². The Morgan fingerprint density at radius 3 is 2.45 bits per heavy atom. The van der Waals surface area contributed by atoms with Crippen molar-refractivity contribution in [3.8, 4) is 0 Å². The molecule has 51 heavy (non-hydrogen) atoms. The van der Waals surface area contributed by atoms with E-state index in [1.807, 2.05) is 37.6 Å². The molecule has 0 radical (unpaired) electrons. The van der Waals surface area contributed by atoms with Gasteiger partial charge in [0.25, 0.3) is 0 Å². The second-order valence-electron chi connectivity index (χ2n) is 13.2. The maximum absolute atomic E-state index is 4.69. The summed E-state index contributed by atoms with van der Waals surface area (Å²) < 4.78 is 0. The molecule has 3 rings (SSSR count). The molecule has 1 heterocycles. The standard InChI is InChI=1S/C49H60N2/c1-12-18-23-40(16-5)49(43-28-27-35(7)41(33-43)21-14-3)46(24-19-13-2)38(10)37(9)44-25-20-26-45(39(44)11)47(22-15-4)42-30-32-51-48(34-42)36(8)29-31-50-17-6/h13-15,18-34,37,39,44H,2,4,12,16-17H2,1,3,5-11H3/b21-14-,23-18-,24-19-,36-29+,46-38-,47-22-,49-40+,50-31-. The Kier molecular flexibility index (Phi) is 16.5. The summed E-state index contributed by atoms with van der Waals surface area (Å²) in [6.45, 7) is 28.9. The van der Waals surface area contributed by atoms with E-state index in [2.05, 4.69) is 170 Å². The molecule has 1 aromatic heterocycles. The van der Waals surface area contributed by atoms with Gasteiger partial charge in [-0.2, -0.15) is 0 Å². The number of hydrogen-bond donors (Lipinski definition) is 0. The topological polar surface area (TPSA) is 25.2 Å². The average molecular weight is 677 g/mol. The van der Waals surface area contributed by atoms with E-state index in [-0.39, 0.29) is 17.8 Å². The average Bonchev–Trinajstić information content (AvgIpc) is 3.14. The van der Waals surface area contributed by atoms with Crippen molar-refractivity contribution in [2.45, 2.75) is 75.2 Å². The van der Waals surface area contributed by atoms with Gasteiger partial charge >= 0.3 is 0 Å². The van der Waals surface area contributed by atoms with Crippen molar-refractivity contribution in [1.82, 2.24) is 4.98 Å². The third-order valence-corrected chi connectivity index (χ3v) is 9.88. The Balaban J connectivity index is 2.19. The number of rotatable bonds is 16. The van der Waals surface area contributed by atoms with Gasteiger partial charge in [-0.1, -0.05) is 131 Å². The highest BCUT2D eigenvalue weighted by Gasteiger charge is 2.30. The van der Waals surface area contributed by atoms with E-state index in [0.29, 0.717) is 0 Å². The minimum atomic E-state index is 0.258. The molecular formula is C49H60N2. The largest absolute Gasteiger partial charge is 0.293 e. The van der Waals surface area contributed by atoms with Crippen molar-refractivity contribution in [3.63, 3.8) is 0 Å². The number of pyridine rings is 1. The van der Waals surface area contributed by atoms with Gasteiger partial charge < -0.3 is 0 Å². The van der Waals surface area contributed by atoms with Crippen molar-refractivity contribution >= 4 is 29.0 Å². The lowest BCUT2D eigenvalue weighted by Crippen LogP contribution is -2.23. The lowest BCUT2D eigenvalue weighted by molar-refractivity contribution is 0.388. The van der Waals surface area contributed by atoms with Gasteiger partial charge in [0, 0.05) is 19.0 Å². The number of aromatic nitrogens is 1. The molecule has 0 saturated carbocycles. The van der Waals surface area contributed by atoms with Gasteiger partial charge in [-0.15, -0.1) is 0 Å². The Morgan fingerprint density at radius 1 is 1.00 bits per heavy atom. The van der Waals surface area contributed by atoms with Crippen LogP contribution in [0, 0.1) is 24.7 Å². The van der Waals surface area contributed by atoms with Gasteiger partial charge in [-0.05, 0) is 145 Å². The predicted molar refractivity (Wildman–Crippen MR) is 229 cm³/mol. The van der Waals surface area contributed by atoms with Crippen LogP contribution in [0.5, 0.6) is 0 Å². The van der Waals surface area contributed by atoms with Crippen molar-refractivity contribution in [3.05, 3.63) is 173 Å².